The summed E-state index contributed by atoms with van der Waals surface area (Å²) in [4.78, 5) is 26.3. The molecule has 122 valence electrons. The first-order valence-corrected chi connectivity index (χ1v) is 7.83. The number of likely N-dealkylation sites (tertiary alicyclic amines) is 1. The van der Waals surface area contributed by atoms with Crippen molar-refractivity contribution in [3.8, 4) is 0 Å². The number of aromatic nitrogens is 1. The fourth-order valence-corrected chi connectivity index (χ4v) is 2.98. The van der Waals surface area contributed by atoms with Gasteiger partial charge in [-0.25, -0.2) is 0 Å². The number of hydrogen-bond donors (Lipinski definition) is 1. The maximum Gasteiger partial charge on any atom is 0.253 e. The van der Waals surface area contributed by atoms with Gasteiger partial charge in [0, 0.05) is 49.4 Å². The first-order chi connectivity index (χ1) is 10.1. The minimum Gasteiger partial charge on any atom is -0.352 e. The lowest BCUT2D eigenvalue weighted by atomic mass is 10.1. The largest absolute Gasteiger partial charge is 0.352 e. The molecule has 0 aromatic carbocycles. The molecule has 1 aromatic heterocycles. The molecule has 2 rings (SSSR count). The summed E-state index contributed by atoms with van der Waals surface area (Å²) < 4.78 is 2.01. The Kier molecular flexibility index (Phi) is 4.36. The second kappa shape index (κ2) is 5.78. The molecule has 0 aliphatic carbocycles. The number of amides is 2. The second-order valence-electron chi connectivity index (χ2n) is 7.30. The Morgan fingerprint density at radius 1 is 1.36 bits per heavy atom. The highest BCUT2D eigenvalue weighted by atomic mass is 16.2. The Bertz CT molecular complexity index is 596. The number of rotatable bonds is 3. The molecule has 1 fully saturated rings. The third-order valence-electron chi connectivity index (χ3n) is 4.59. The number of carbonyl (C=O) groups is 2. The molecule has 1 aliphatic rings. The minimum absolute atomic E-state index is 0.0529. The first-order valence-electron chi connectivity index (χ1n) is 7.83. The molecule has 0 radical (unpaired) electrons. The molecule has 0 spiro atoms. The Hall–Kier alpha value is -1.78. The lowest BCUT2D eigenvalue weighted by Gasteiger charge is -2.32. The highest BCUT2D eigenvalue weighted by Gasteiger charge is 2.36. The van der Waals surface area contributed by atoms with Crippen molar-refractivity contribution in [1.82, 2.24) is 14.8 Å². The van der Waals surface area contributed by atoms with Crippen molar-refractivity contribution in [3.63, 3.8) is 0 Å². The van der Waals surface area contributed by atoms with Crippen molar-refractivity contribution in [2.75, 3.05) is 13.1 Å². The van der Waals surface area contributed by atoms with E-state index >= 15 is 0 Å². The van der Waals surface area contributed by atoms with Crippen LogP contribution in [0.5, 0.6) is 0 Å². The van der Waals surface area contributed by atoms with Crippen LogP contribution in [0.3, 0.4) is 0 Å². The van der Waals surface area contributed by atoms with Crippen molar-refractivity contribution < 1.29 is 9.59 Å². The number of aryl methyl sites for hydroxylation is 1. The van der Waals surface area contributed by atoms with Gasteiger partial charge in [0.25, 0.3) is 5.91 Å². The Balaban J connectivity index is 1.95. The van der Waals surface area contributed by atoms with Crippen LogP contribution in [0, 0.1) is 19.8 Å². The Morgan fingerprint density at radius 2 is 2.00 bits per heavy atom. The lowest BCUT2D eigenvalue weighted by Crippen LogP contribution is -2.42. The van der Waals surface area contributed by atoms with Crippen molar-refractivity contribution >= 4 is 11.8 Å². The average molecular weight is 305 g/mol. The number of nitrogens with zero attached hydrogens (tertiary/aromatic N) is 2. The summed E-state index contributed by atoms with van der Waals surface area (Å²) in [6.45, 7) is 11.3. The summed E-state index contributed by atoms with van der Waals surface area (Å²) in [5, 5.41) is 2.98. The van der Waals surface area contributed by atoms with E-state index in [1.807, 2.05) is 57.2 Å². The van der Waals surface area contributed by atoms with Crippen LogP contribution in [0.2, 0.25) is 0 Å². The van der Waals surface area contributed by atoms with E-state index in [0.717, 1.165) is 23.5 Å². The summed E-state index contributed by atoms with van der Waals surface area (Å²) in [5.41, 5.74) is 2.60. The maximum atomic E-state index is 12.3. The predicted octanol–water partition coefficient (Wildman–Crippen LogP) is 2.02. The molecule has 2 heterocycles. The van der Waals surface area contributed by atoms with E-state index in [2.05, 4.69) is 5.32 Å². The SMILES string of the molecule is Cc1cc(C(=O)NC[C@@H]2CC(=O)N(C(C)(C)C)C2)c(C)n1C. The monoisotopic (exact) mass is 305 g/mol. The third-order valence-corrected chi connectivity index (χ3v) is 4.59. The van der Waals surface area contributed by atoms with Gasteiger partial charge in [-0.05, 0) is 40.7 Å². The summed E-state index contributed by atoms with van der Waals surface area (Å²) in [7, 11) is 1.96. The van der Waals surface area contributed by atoms with E-state index in [4.69, 9.17) is 0 Å². The predicted molar refractivity (Wildman–Crippen MR) is 86.8 cm³/mol. The minimum atomic E-state index is -0.150. The van der Waals surface area contributed by atoms with Gasteiger partial charge in [-0.15, -0.1) is 0 Å². The van der Waals surface area contributed by atoms with Gasteiger partial charge in [0.2, 0.25) is 5.91 Å². The van der Waals surface area contributed by atoms with Crippen LogP contribution in [0.25, 0.3) is 0 Å². The molecule has 1 atom stereocenters. The Morgan fingerprint density at radius 3 is 2.45 bits per heavy atom. The van der Waals surface area contributed by atoms with Gasteiger partial charge in [0.05, 0.1) is 5.56 Å². The smallest absolute Gasteiger partial charge is 0.253 e. The standard InChI is InChI=1S/C17H27N3O2/c1-11-7-14(12(2)19(11)6)16(22)18-9-13-8-15(21)20(10-13)17(3,4)5/h7,13H,8-10H2,1-6H3,(H,18,22)/t13-/m0/s1. The molecule has 1 N–H and O–H groups in total. The van der Waals surface area contributed by atoms with E-state index in [1.165, 1.54) is 0 Å². The van der Waals surface area contributed by atoms with Crippen molar-refractivity contribution in [1.29, 1.82) is 0 Å². The van der Waals surface area contributed by atoms with Gasteiger partial charge in [0.1, 0.15) is 0 Å². The van der Waals surface area contributed by atoms with Crippen LogP contribution in [0.1, 0.15) is 48.9 Å². The zero-order valence-corrected chi connectivity index (χ0v) is 14.5. The van der Waals surface area contributed by atoms with Gasteiger partial charge in [-0.2, -0.15) is 0 Å². The number of carbonyl (C=O) groups excluding carboxylic acids is 2. The van der Waals surface area contributed by atoms with Gasteiger partial charge >= 0.3 is 0 Å². The molecular weight excluding hydrogens is 278 g/mol. The molecule has 1 saturated heterocycles. The van der Waals surface area contributed by atoms with Gasteiger partial charge in [0.15, 0.2) is 0 Å². The summed E-state index contributed by atoms with van der Waals surface area (Å²) in [6, 6.07) is 1.91. The summed E-state index contributed by atoms with van der Waals surface area (Å²) in [5.74, 6) is 0.321. The number of nitrogens with one attached hydrogen (secondary N) is 1. The van der Waals surface area contributed by atoms with Gasteiger partial charge in [-0.1, -0.05) is 0 Å². The highest BCUT2D eigenvalue weighted by molar-refractivity contribution is 5.95. The van der Waals surface area contributed by atoms with Crippen LogP contribution in [-0.4, -0.2) is 39.9 Å². The molecule has 22 heavy (non-hydrogen) atoms. The van der Waals surface area contributed by atoms with Crippen LogP contribution >= 0.6 is 0 Å². The van der Waals surface area contributed by atoms with Crippen LogP contribution in [0.4, 0.5) is 0 Å². The molecule has 5 heteroatoms. The van der Waals surface area contributed by atoms with Crippen molar-refractivity contribution in [2.24, 2.45) is 13.0 Å². The topological polar surface area (TPSA) is 54.3 Å². The lowest BCUT2D eigenvalue weighted by molar-refractivity contribution is -0.131. The molecule has 2 amide bonds. The Labute approximate surface area is 132 Å². The molecule has 1 aliphatic heterocycles. The molecule has 0 bridgehead atoms. The van der Waals surface area contributed by atoms with Crippen LogP contribution in [-0.2, 0) is 11.8 Å². The zero-order valence-electron chi connectivity index (χ0n) is 14.5. The molecule has 0 saturated carbocycles. The van der Waals surface area contributed by atoms with Crippen LogP contribution < -0.4 is 5.32 Å². The summed E-state index contributed by atoms with van der Waals surface area (Å²) in [6.07, 6.45) is 0.518. The molecule has 5 nitrogen and oxygen atoms in total. The first kappa shape index (κ1) is 16.6. The summed E-state index contributed by atoms with van der Waals surface area (Å²) >= 11 is 0. The van der Waals surface area contributed by atoms with E-state index in [1.54, 1.807) is 0 Å². The average Bonchev–Trinajstić information content (AvgIpc) is 2.91. The van der Waals surface area contributed by atoms with Crippen molar-refractivity contribution in [3.05, 3.63) is 23.0 Å². The van der Waals surface area contributed by atoms with Gasteiger partial charge < -0.3 is 14.8 Å². The van der Waals surface area contributed by atoms with Crippen molar-refractivity contribution in [2.45, 2.75) is 46.6 Å². The fraction of sp³-hybridized carbons (Fsp3) is 0.647. The van der Waals surface area contributed by atoms with Crippen LogP contribution in [0.15, 0.2) is 6.07 Å². The third kappa shape index (κ3) is 3.18. The van der Waals surface area contributed by atoms with E-state index in [-0.39, 0.29) is 23.3 Å². The van der Waals surface area contributed by atoms with E-state index in [9.17, 15) is 9.59 Å². The van der Waals surface area contributed by atoms with E-state index < -0.39 is 0 Å². The quantitative estimate of drug-likeness (QED) is 0.929. The zero-order chi connectivity index (χ0) is 16.7. The molecular formula is C17H27N3O2. The number of hydrogen-bond acceptors (Lipinski definition) is 2. The highest BCUT2D eigenvalue weighted by Crippen LogP contribution is 2.25. The van der Waals surface area contributed by atoms with Gasteiger partial charge in [-0.3, -0.25) is 9.59 Å². The second-order valence-corrected chi connectivity index (χ2v) is 7.30. The molecule has 1 aromatic rings. The molecule has 0 unspecified atom stereocenters. The fourth-order valence-electron chi connectivity index (χ4n) is 2.98. The van der Waals surface area contributed by atoms with E-state index in [0.29, 0.717) is 13.0 Å². The normalized spacial score (nSPS) is 18.9. The maximum absolute atomic E-state index is 12.3.